The molecule has 1 atom stereocenters. The first kappa shape index (κ1) is 15.6. The molecular weight excluding hydrogens is 280 g/mol. The monoisotopic (exact) mass is 298 g/mol. The van der Waals surface area contributed by atoms with Crippen molar-refractivity contribution >= 4 is 17.6 Å². The summed E-state index contributed by atoms with van der Waals surface area (Å²) >= 11 is 0. The molecule has 0 aliphatic carbocycles. The van der Waals surface area contributed by atoms with E-state index < -0.39 is 17.9 Å². The van der Waals surface area contributed by atoms with Gasteiger partial charge in [-0.05, 0) is 17.7 Å². The number of nitrogen functional groups attached to an aromatic ring is 1. The van der Waals surface area contributed by atoms with Gasteiger partial charge in [-0.1, -0.05) is 42.5 Å². The van der Waals surface area contributed by atoms with E-state index in [4.69, 9.17) is 10.5 Å². The van der Waals surface area contributed by atoms with Gasteiger partial charge in [0, 0.05) is 12.1 Å². The smallest absolute Gasteiger partial charge is 0.328 e. The zero-order valence-electron chi connectivity index (χ0n) is 12.3. The fourth-order valence-electron chi connectivity index (χ4n) is 2.13. The molecule has 0 aliphatic rings. The lowest BCUT2D eigenvalue weighted by Gasteiger charge is -2.17. The molecule has 1 amide bonds. The van der Waals surface area contributed by atoms with Crippen molar-refractivity contribution in [3.05, 3.63) is 65.7 Å². The quantitative estimate of drug-likeness (QED) is 0.651. The highest BCUT2D eigenvalue weighted by Gasteiger charge is 2.23. The van der Waals surface area contributed by atoms with Gasteiger partial charge in [0.15, 0.2) is 0 Å². The maximum absolute atomic E-state index is 12.3. The molecule has 0 saturated carbocycles. The zero-order chi connectivity index (χ0) is 15.9. The number of methoxy groups -OCH3 is 1. The van der Waals surface area contributed by atoms with E-state index in [9.17, 15) is 9.59 Å². The highest BCUT2D eigenvalue weighted by molar-refractivity contribution is 6.00. The Morgan fingerprint density at radius 2 is 1.73 bits per heavy atom. The fourth-order valence-corrected chi connectivity index (χ4v) is 2.13. The number of amides is 1. The molecule has 0 heterocycles. The Morgan fingerprint density at radius 1 is 1.09 bits per heavy atom. The summed E-state index contributed by atoms with van der Waals surface area (Å²) in [6, 6.07) is 15.4. The molecule has 2 aromatic rings. The molecule has 0 unspecified atom stereocenters. The number of hydrogen-bond acceptors (Lipinski definition) is 4. The Bertz CT molecular complexity index is 656. The van der Waals surface area contributed by atoms with Gasteiger partial charge in [-0.25, -0.2) is 4.79 Å². The molecule has 0 aromatic heterocycles. The SMILES string of the molecule is COC(=O)[C@H](Cc1ccccc1)NC(=O)c1ccccc1N. The van der Waals surface area contributed by atoms with Crippen LogP contribution >= 0.6 is 0 Å². The van der Waals surface area contributed by atoms with Crippen LogP contribution in [0.1, 0.15) is 15.9 Å². The lowest BCUT2D eigenvalue weighted by atomic mass is 10.1. The summed E-state index contributed by atoms with van der Waals surface area (Å²) in [5, 5.41) is 2.68. The molecular formula is C17H18N2O3. The highest BCUT2D eigenvalue weighted by Crippen LogP contribution is 2.11. The number of hydrogen-bond donors (Lipinski definition) is 2. The maximum atomic E-state index is 12.3. The number of nitrogens with one attached hydrogen (secondary N) is 1. The summed E-state index contributed by atoms with van der Waals surface area (Å²) in [6.07, 6.45) is 0.353. The predicted molar refractivity (Wildman–Crippen MR) is 84.3 cm³/mol. The van der Waals surface area contributed by atoms with E-state index in [1.165, 1.54) is 7.11 Å². The Balaban J connectivity index is 2.15. The van der Waals surface area contributed by atoms with Crippen molar-refractivity contribution in [1.82, 2.24) is 5.32 Å². The van der Waals surface area contributed by atoms with Crippen LogP contribution in [0.3, 0.4) is 0 Å². The second-order valence-corrected chi connectivity index (χ2v) is 4.83. The Kier molecular flexibility index (Phi) is 5.14. The number of benzene rings is 2. The van der Waals surface area contributed by atoms with Crippen molar-refractivity contribution in [2.24, 2.45) is 0 Å². The zero-order valence-corrected chi connectivity index (χ0v) is 12.3. The van der Waals surface area contributed by atoms with Crippen LogP contribution in [-0.2, 0) is 16.0 Å². The molecule has 0 aliphatic heterocycles. The van der Waals surface area contributed by atoms with Crippen LogP contribution in [-0.4, -0.2) is 25.0 Å². The van der Waals surface area contributed by atoms with E-state index in [1.807, 2.05) is 30.3 Å². The molecule has 5 heteroatoms. The molecule has 0 spiro atoms. The number of anilines is 1. The van der Waals surface area contributed by atoms with Gasteiger partial charge in [0.25, 0.3) is 5.91 Å². The molecule has 0 radical (unpaired) electrons. The highest BCUT2D eigenvalue weighted by atomic mass is 16.5. The molecule has 0 fully saturated rings. The van der Waals surface area contributed by atoms with Gasteiger partial charge in [0.1, 0.15) is 6.04 Å². The summed E-state index contributed by atoms with van der Waals surface area (Å²) in [5.74, 6) is -0.892. The number of carbonyl (C=O) groups is 2. The largest absolute Gasteiger partial charge is 0.467 e. The topological polar surface area (TPSA) is 81.4 Å². The van der Waals surface area contributed by atoms with Crippen molar-refractivity contribution in [3.8, 4) is 0 Å². The van der Waals surface area contributed by atoms with Crippen LogP contribution < -0.4 is 11.1 Å². The van der Waals surface area contributed by atoms with Gasteiger partial charge in [-0.15, -0.1) is 0 Å². The first-order chi connectivity index (χ1) is 10.6. The van der Waals surface area contributed by atoms with Crippen molar-refractivity contribution < 1.29 is 14.3 Å². The fraction of sp³-hybridized carbons (Fsp3) is 0.176. The van der Waals surface area contributed by atoms with Crippen LogP contribution in [0.4, 0.5) is 5.69 Å². The average Bonchev–Trinajstić information content (AvgIpc) is 2.54. The normalized spacial score (nSPS) is 11.5. The minimum Gasteiger partial charge on any atom is -0.467 e. The molecule has 2 rings (SSSR count). The molecule has 5 nitrogen and oxygen atoms in total. The number of rotatable bonds is 5. The molecule has 22 heavy (non-hydrogen) atoms. The van der Waals surface area contributed by atoms with Crippen LogP contribution in [0.5, 0.6) is 0 Å². The van der Waals surface area contributed by atoms with Crippen LogP contribution in [0.25, 0.3) is 0 Å². The second-order valence-electron chi connectivity index (χ2n) is 4.83. The van der Waals surface area contributed by atoms with Gasteiger partial charge < -0.3 is 15.8 Å². The second kappa shape index (κ2) is 7.26. The third-order valence-corrected chi connectivity index (χ3v) is 3.28. The molecule has 3 N–H and O–H groups in total. The van der Waals surface area contributed by atoms with Gasteiger partial charge in [-0.3, -0.25) is 4.79 Å². The van der Waals surface area contributed by atoms with Crippen LogP contribution in [0.2, 0.25) is 0 Å². The third kappa shape index (κ3) is 3.85. The third-order valence-electron chi connectivity index (χ3n) is 3.28. The number of esters is 1. The minimum atomic E-state index is -0.764. The first-order valence-electron chi connectivity index (χ1n) is 6.89. The molecule has 0 saturated heterocycles. The number of ether oxygens (including phenoxy) is 1. The van der Waals surface area contributed by atoms with E-state index in [-0.39, 0.29) is 0 Å². The van der Waals surface area contributed by atoms with E-state index >= 15 is 0 Å². The van der Waals surface area contributed by atoms with Crippen LogP contribution in [0.15, 0.2) is 54.6 Å². The number of nitrogens with two attached hydrogens (primary N) is 1. The van der Waals surface area contributed by atoms with E-state index in [2.05, 4.69) is 5.32 Å². The van der Waals surface area contributed by atoms with E-state index in [1.54, 1.807) is 24.3 Å². The van der Waals surface area contributed by atoms with Crippen molar-refractivity contribution in [1.29, 1.82) is 0 Å². The summed E-state index contributed by atoms with van der Waals surface area (Å²) in [7, 11) is 1.30. The predicted octanol–water partition coefficient (Wildman–Crippen LogP) is 1.78. The average molecular weight is 298 g/mol. The number of carbonyl (C=O) groups excluding carboxylic acids is 2. The van der Waals surface area contributed by atoms with E-state index in [0.717, 1.165) is 5.56 Å². The van der Waals surface area contributed by atoms with Gasteiger partial charge in [0.2, 0.25) is 0 Å². The Morgan fingerprint density at radius 3 is 2.36 bits per heavy atom. The summed E-state index contributed by atoms with van der Waals surface area (Å²) in [4.78, 5) is 24.2. The van der Waals surface area contributed by atoms with Crippen molar-refractivity contribution in [2.45, 2.75) is 12.5 Å². The van der Waals surface area contributed by atoms with Gasteiger partial charge in [-0.2, -0.15) is 0 Å². The standard InChI is InChI=1S/C17H18N2O3/c1-22-17(21)15(11-12-7-3-2-4-8-12)19-16(20)13-9-5-6-10-14(13)18/h2-10,15H,11,18H2,1H3,(H,19,20)/t15-/m0/s1. The van der Waals surface area contributed by atoms with E-state index in [0.29, 0.717) is 17.7 Å². The van der Waals surface area contributed by atoms with Gasteiger partial charge >= 0.3 is 5.97 Å². The minimum absolute atomic E-state index is 0.337. The summed E-state index contributed by atoms with van der Waals surface area (Å²) in [5.41, 5.74) is 7.41. The molecule has 0 bridgehead atoms. The summed E-state index contributed by atoms with van der Waals surface area (Å²) in [6.45, 7) is 0. The first-order valence-corrected chi connectivity index (χ1v) is 6.89. The van der Waals surface area contributed by atoms with Gasteiger partial charge in [0.05, 0.1) is 12.7 Å². The Hall–Kier alpha value is -2.82. The maximum Gasteiger partial charge on any atom is 0.328 e. The lowest BCUT2D eigenvalue weighted by Crippen LogP contribution is -2.43. The Labute approximate surface area is 129 Å². The molecule has 114 valence electrons. The lowest BCUT2D eigenvalue weighted by molar-refractivity contribution is -0.142. The summed E-state index contributed by atoms with van der Waals surface area (Å²) < 4.78 is 4.77. The van der Waals surface area contributed by atoms with Crippen LogP contribution in [0, 0.1) is 0 Å². The number of para-hydroxylation sites is 1. The molecule has 2 aromatic carbocycles. The van der Waals surface area contributed by atoms with Crippen molar-refractivity contribution in [2.75, 3.05) is 12.8 Å². The van der Waals surface area contributed by atoms with Crippen molar-refractivity contribution in [3.63, 3.8) is 0 Å².